The van der Waals surface area contributed by atoms with Gasteiger partial charge in [0, 0.05) is 12.1 Å². The first-order chi connectivity index (χ1) is 21.2. The highest BCUT2D eigenvalue weighted by Gasteiger charge is 2.44. The van der Waals surface area contributed by atoms with Gasteiger partial charge in [-0.25, -0.2) is 26.3 Å². The van der Waals surface area contributed by atoms with Crippen LogP contribution in [0.3, 0.4) is 0 Å². The van der Waals surface area contributed by atoms with Crippen LogP contribution in [0.15, 0.2) is 54.6 Å². The third-order valence-corrected chi connectivity index (χ3v) is 7.52. The van der Waals surface area contributed by atoms with Gasteiger partial charge in [0.05, 0.1) is 11.7 Å². The Morgan fingerprint density at radius 1 is 0.711 bits per heavy atom. The molecule has 0 spiro atoms. The zero-order chi connectivity index (χ0) is 32.9. The molecule has 4 rings (SSSR count). The first-order valence-electron chi connectivity index (χ1n) is 14.4. The van der Waals surface area contributed by atoms with E-state index in [1.165, 1.54) is 6.07 Å². The fraction of sp³-hybridized carbons (Fsp3) is 0.394. The monoisotopic (exact) mass is 648 g/mol. The lowest BCUT2D eigenvalue weighted by Crippen LogP contribution is -2.31. The Kier molecular flexibility index (Phi) is 10.9. The SMILES string of the molecule is CCCc1ccc(C(F)(F)Oc2cc(F)c(C(F)(F)OC3CCC(C=CCCc4cc(F)c(F)c(F)c4)CC3)c(F)c2)c(F)c1. The summed E-state index contributed by atoms with van der Waals surface area (Å²) in [6.07, 6.45) is -3.52. The molecule has 1 aliphatic carbocycles. The van der Waals surface area contributed by atoms with Gasteiger partial charge >= 0.3 is 12.2 Å². The molecule has 0 amide bonds. The van der Waals surface area contributed by atoms with Crippen LogP contribution in [-0.2, 0) is 29.8 Å². The van der Waals surface area contributed by atoms with Crippen LogP contribution in [0.4, 0.5) is 43.9 Å². The van der Waals surface area contributed by atoms with Crippen molar-refractivity contribution in [2.45, 2.75) is 76.6 Å². The first-order valence-corrected chi connectivity index (χ1v) is 14.4. The van der Waals surface area contributed by atoms with Gasteiger partial charge in [0.2, 0.25) is 0 Å². The molecular weight excluding hydrogens is 618 g/mol. The van der Waals surface area contributed by atoms with Crippen LogP contribution in [0.2, 0.25) is 0 Å². The van der Waals surface area contributed by atoms with E-state index in [0.717, 1.165) is 24.3 Å². The van der Waals surface area contributed by atoms with E-state index in [0.29, 0.717) is 37.7 Å². The Labute approximate surface area is 253 Å². The molecule has 3 aromatic carbocycles. The Bertz CT molecular complexity index is 1470. The van der Waals surface area contributed by atoms with Gasteiger partial charge in [0.15, 0.2) is 17.5 Å². The molecule has 1 saturated carbocycles. The summed E-state index contributed by atoms with van der Waals surface area (Å²) in [7, 11) is 0. The molecule has 0 aliphatic heterocycles. The zero-order valence-corrected chi connectivity index (χ0v) is 24.1. The highest BCUT2D eigenvalue weighted by Crippen LogP contribution is 2.41. The number of allylic oxidation sites excluding steroid dienone is 2. The van der Waals surface area contributed by atoms with Crippen LogP contribution in [-0.4, -0.2) is 6.10 Å². The van der Waals surface area contributed by atoms with Crippen LogP contribution in [0.25, 0.3) is 0 Å². The van der Waals surface area contributed by atoms with Gasteiger partial charge in [-0.3, -0.25) is 0 Å². The molecule has 1 aliphatic rings. The minimum absolute atomic E-state index is 0.0283. The molecule has 0 N–H and O–H groups in total. The molecule has 45 heavy (non-hydrogen) atoms. The van der Waals surface area contributed by atoms with Crippen LogP contribution < -0.4 is 4.74 Å². The molecule has 0 aromatic heterocycles. The van der Waals surface area contributed by atoms with Gasteiger partial charge in [-0.1, -0.05) is 31.6 Å². The maximum absolute atomic E-state index is 14.9. The summed E-state index contributed by atoms with van der Waals surface area (Å²) in [6.45, 7) is 1.81. The molecule has 2 nitrogen and oxygen atoms in total. The number of benzene rings is 3. The maximum atomic E-state index is 14.9. The van der Waals surface area contributed by atoms with Crippen molar-refractivity contribution in [2.75, 3.05) is 0 Å². The van der Waals surface area contributed by atoms with Crippen LogP contribution in [0.5, 0.6) is 5.75 Å². The van der Waals surface area contributed by atoms with Crippen molar-refractivity contribution < 1.29 is 53.4 Å². The average molecular weight is 649 g/mol. The topological polar surface area (TPSA) is 18.5 Å². The summed E-state index contributed by atoms with van der Waals surface area (Å²) >= 11 is 0. The molecule has 244 valence electrons. The minimum atomic E-state index is -4.44. The number of alkyl halides is 4. The Morgan fingerprint density at radius 2 is 1.31 bits per heavy atom. The smallest absolute Gasteiger partial charge is 0.429 e. The van der Waals surface area contributed by atoms with E-state index in [1.54, 1.807) is 6.08 Å². The molecule has 0 atom stereocenters. The fourth-order valence-electron chi connectivity index (χ4n) is 5.29. The molecule has 0 unspecified atom stereocenters. The van der Waals surface area contributed by atoms with Crippen molar-refractivity contribution in [1.29, 1.82) is 0 Å². The first kappa shape index (κ1) is 34.3. The van der Waals surface area contributed by atoms with Crippen molar-refractivity contribution in [1.82, 2.24) is 0 Å². The lowest BCUT2D eigenvalue weighted by atomic mass is 9.87. The summed E-state index contributed by atoms with van der Waals surface area (Å²) < 4.78 is 152. The summed E-state index contributed by atoms with van der Waals surface area (Å²) in [4.78, 5) is 0. The number of hydrogen-bond acceptors (Lipinski definition) is 2. The van der Waals surface area contributed by atoms with Gasteiger partial charge in [-0.2, -0.15) is 17.6 Å². The van der Waals surface area contributed by atoms with Crippen molar-refractivity contribution >= 4 is 0 Å². The van der Waals surface area contributed by atoms with E-state index in [2.05, 4.69) is 4.74 Å². The zero-order valence-electron chi connectivity index (χ0n) is 24.1. The van der Waals surface area contributed by atoms with Gasteiger partial charge in [-0.05, 0) is 86.3 Å². The summed E-state index contributed by atoms with van der Waals surface area (Å²) in [5.41, 5.74) is -2.23. The second-order valence-electron chi connectivity index (χ2n) is 11.0. The van der Waals surface area contributed by atoms with E-state index in [4.69, 9.17) is 4.74 Å². The number of hydrogen-bond donors (Lipinski definition) is 0. The van der Waals surface area contributed by atoms with Crippen molar-refractivity contribution in [3.8, 4) is 5.75 Å². The molecule has 12 heteroatoms. The lowest BCUT2D eigenvalue weighted by Gasteiger charge is -2.30. The molecule has 1 fully saturated rings. The van der Waals surface area contributed by atoms with E-state index in [1.807, 2.05) is 13.0 Å². The number of ether oxygens (including phenoxy) is 2. The Morgan fingerprint density at radius 3 is 1.89 bits per heavy atom. The van der Waals surface area contributed by atoms with Gasteiger partial charge in [0.25, 0.3) is 0 Å². The maximum Gasteiger partial charge on any atom is 0.429 e. The molecular formula is C33H30F10O2. The molecule has 0 heterocycles. The summed E-state index contributed by atoms with van der Waals surface area (Å²) in [5.74, 6) is -10.3. The van der Waals surface area contributed by atoms with E-state index in [9.17, 15) is 43.9 Å². The number of halogens is 10. The summed E-state index contributed by atoms with van der Waals surface area (Å²) in [5, 5.41) is 0. The highest BCUT2D eigenvalue weighted by molar-refractivity contribution is 5.34. The number of aryl methyl sites for hydroxylation is 2. The lowest BCUT2D eigenvalue weighted by molar-refractivity contribution is -0.280. The standard InChI is InChI=1S/C33H30F10O2/c1-2-5-20-10-13-24(25(34)14-20)32(40,41)45-23-17-26(35)30(27(36)18-23)33(42,43)44-22-11-8-19(9-12-22)6-3-4-7-21-15-28(37)31(39)29(38)16-21/h3,6,10,13-19,22H,2,4-5,7-9,11-12H2,1H3. The molecule has 3 aromatic rings. The van der Waals surface area contributed by atoms with Gasteiger partial charge < -0.3 is 9.47 Å². The second kappa shape index (κ2) is 14.3. The molecule has 0 bridgehead atoms. The van der Waals surface area contributed by atoms with Crippen molar-refractivity contribution in [3.05, 3.63) is 112 Å². The summed E-state index contributed by atoms with van der Waals surface area (Å²) in [6, 6.07) is 5.06. The predicted octanol–water partition coefficient (Wildman–Crippen LogP) is 10.4. The van der Waals surface area contributed by atoms with Crippen LogP contribution in [0, 0.1) is 40.8 Å². The van der Waals surface area contributed by atoms with E-state index < -0.39 is 70.1 Å². The Balaban J connectivity index is 1.33. The number of rotatable bonds is 12. The molecule has 0 radical (unpaired) electrons. The van der Waals surface area contributed by atoms with Crippen molar-refractivity contribution in [3.63, 3.8) is 0 Å². The third kappa shape index (κ3) is 8.59. The van der Waals surface area contributed by atoms with Crippen LogP contribution >= 0.6 is 0 Å². The fourth-order valence-corrected chi connectivity index (χ4v) is 5.29. The van der Waals surface area contributed by atoms with Gasteiger partial charge in [-0.15, -0.1) is 0 Å². The normalized spacial score (nSPS) is 17.7. The highest BCUT2D eigenvalue weighted by atomic mass is 19.3. The second-order valence-corrected chi connectivity index (χ2v) is 11.0. The quantitative estimate of drug-likeness (QED) is 0.111. The minimum Gasteiger partial charge on any atom is -0.429 e. The van der Waals surface area contributed by atoms with E-state index in [-0.39, 0.29) is 42.9 Å². The third-order valence-electron chi connectivity index (χ3n) is 7.52. The largest absolute Gasteiger partial charge is 0.429 e. The van der Waals surface area contributed by atoms with Crippen LogP contribution in [0.1, 0.15) is 67.7 Å². The predicted molar refractivity (Wildman–Crippen MR) is 146 cm³/mol. The average Bonchev–Trinajstić information content (AvgIpc) is 2.94. The van der Waals surface area contributed by atoms with E-state index >= 15 is 0 Å². The molecule has 0 saturated heterocycles. The Hall–Kier alpha value is -3.54. The van der Waals surface area contributed by atoms with Gasteiger partial charge in [0.1, 0.15) is 28.8 Å². The van der Waals surface area contributed by atoms with Crippen molar-refractivity contribution in [2.24, 2.45) is 5.92 Å².